The van der Waals surface area contributed by atoms with Gasteiger partial charge in [0.25, 0.3) is 5.56 Å². The molecule has 9 heteroatoms. The van der Waals surface area contributed by atoms with Gasteiger partial charge in [0.1, 0.15) is 27.9 Å². The summed E-state index contributed by atoms with van der Waals surface area (Å²) in [7, 11) is -4.18. The van der Waals surface area contributed by atoms with E-state index in [4.69, 9.17) is 16.3 Å². The van der Waals surface area contributed by atoms with Gasteiger partial charge in [-0.25, -0.2) is 8.42 Å². The standard InChI is InChI=1S/C24H16ClN3O4S/c1-16-8-7-13-28-22(16)27-23(32-21-12-6-5-11-20(21)25)19(24(28)29)14-18(15-26)33(30,31)17-9-3-2-4-10-17/h2-14H,1H3/b18-14-. The van der Waals surface area contributed by atoms with Crippen molar-refractivity contribution < 1.29 is 13.2 Å². The zero-order chi connectivity index (χ0) is 23.6. The Hall–Kier alpha value is -3.93. The quantitative estimate of drug-likeness (QED) is 0.383. The number of para-hydroxylation sites is 1. The van der Waals surface area contributed by atoms with Crippen LogP contribution >= 0.6 is 11.6 Å². The molecule has 33 heavy (non-hydrogen) atoms. The topological polar surface area (TPSA) is 102 Å². The highest BCUT2D eigenvalue weighted by molar-refractivity contribution is 7.95. The van der Waals surface area contributed by atoms with E-state index in [1.54, 1.807) is 67.6 Å². The summed E-state index contributed by atoms with van der Waals surface area (Å²) in [6.07, 6.45) is 2.49. The largest absolute Gasteiger partial charge is 0.437 e. The van der Waals surface area contributed by atoms with Gasteiger partial charge in [-0.05, 0) is 48.9 Å². The van der Waals surface area contributed by atoms with Crippen LogP contribution in [0, 0.1) is 18.3 Å². The summed E-state index contributed by atoms with van der Waals surface area (Å²) in [5, 5.41) is 9.94. The molecule has 0 unspecified atom stereocenters. The number of aryl methyl sites for hydroxylation is 1. The lowest BCUT2D eigenvalue weighted by molar-refractivity contribution is 0.461. The molecular weight excluding hydrogens is 462 g/mol. The number of pyridine rings is 1. The number of hydrogen-bond donors (Lipinski definition) is 0. The molecule has 0 atom stereocenters. The summed E-state index contributed by atoms with van der Waals surface area (Å²) in [4.78, 5) is 17.1. The van der Waals surface area contributed by atoms with Gasteiger partial charge < -0.3 is 4.74 Å². The van der Waals surface area contributed by atoms with Crippen molar-refractivity contribution in [3.05, 3.63) is 104 Å². The van der Waals surface area contributed by atoms with Crippen LogP contribution in [0.5, 0.6) is 11.6 Å². The van der Waals surface area contributed by atoms with Gasteiger partial charge in [-0.2, -0.15) is 10.2 Å². The van der Waals surface area contributed by atoms with Gasteiger partial charge in [0.2, 0.25) is 15.7 Å². The van der Waals surface area contributed by atoms with Crippen LogP contribution in [0.2, 0.25) is 5.02 Å². The number of benzene rings is 2. The first-order valence-corrected chi connectivity index (χ1v) is 11.6. The van der Waals surface area contributed by atoms with Crippen molar-refractivity contribution in [3.63, 3.8) is 0 Å². The molecule has 0 spiro atoms. The predicted octanol–water partition coefficient (Wildman–Crippen LogP) is 4.79. The molecule has 0 N–H and O–H groups in total. The predicted molar refractivity (Wildman–Crippen MR) is 125 cm³/mol. The maximum Gasteiger partial charge on any atom is 0.269 e. The van der Waals surface area contributed by atoms with Crippen LogP contribution < -0.4 is 10.3 Å². The molecule has 2 heterocycles. The highest BCUT2D eigenvalue weighted by atomic mass is 35.5. The van der Waals surface area contributed by atoms with Crippen LogP contribution in [0.25, 0.3) is 11.7 Å². The third-order valence-electron chi connectivity index (χ3n) is 4.82. The van der Waals surface area contributed by atoms with Crippen molar-refractivity contribution >= 4 is 33.2 Å². The highest BCUT2D eigenvalue weighted by Gasteiger charge is 2.24. The SMILES string of the molecule is Cc1cccn2c(=O)c(/C=C(/C#N)S(=O)(=O)c3ccccc3)c(Oc3ccccc3Cl)nc12. The van der Waals surface area contributed by atoms with Crippen LogP contribution in [0.15, 0.2) is 87.5 Å². The summed E-state index contributed by atoms with van der Waals surface area (Å²) < 4.78 is 33.2. The Kier molecular flexibility index (Phi) is 6.01. The number of aromatic nitrogens is 2. The van der Waals surface area contributed by atoms with Gasteiger partial charge >= 0.3 is 0 Å². The molecule has 7 nitrogen and oxygen atoms in total. The molecule has 4 rings (SSSR count). The number of ether oxygens (including phenoxy) is 1. The fraction of sp³-hybridized carbons (Fsp3) is 0.0417. The molecule has 0 radical (unpaired) electrons. The number of nitrogens with zero attached hydrogens (tertiary/aromatic N) is 3. The number of halogens is 1. The minimum atomic E-state index is -4.18. The van der Waals surface area contributed by atoms with Crippen LogP contribution in [0.1, 0.15) is 11.1 Å². The van der Waals surface area contributed by atoms with E-state index in [-0.39, 0.29) is 27.1 Å². The Labute approximate surface area is 194 Å². The number of sulfone groups is 1. The second kappa shape index (κ2) is 8.90. The molecule has 0 aliphatic heterocycles. The zero-order valence-corrected chi connectivity index (χ0v) is 18.8. The molecule has 0 aliphatic rings. The molecule has 0 saturated heterocycles. The van der Waals surface area contributed by atoms with Gasteiger partial charge in [0.05, 0.1) is 9.92 Å². The van der Waals surface area contributed by atoms with Gasteiger partial charge in [0.15, 0.2) is 0 Å². The lowest BCUT2D eigenvalue weighted by Gasteiger charge is -2.12. The van der Waals surface area contributed by atoms with E-state index in [2.05, 4.69) is 4.98 Å². The van der Waals surface area contributed by atoms with Gasteiger partial charge in [0, 0.05) is 6.20 Å². The van der Waals surface area contributed by atoms with E-state index in [0.29, 0.717) is 11.2 Å². The Morgan fingerprint density at radius 1 is 1.09 bits per heavy atom. The summed E-state index contributed by atoms with van der Waals surface area (Å²) >= 11 is 6.20. The van der Waals surface area contributed by atoms with E-state index >= 15 is 0 Å². The first-order valence-electron chi connectivity index (χ1n) is 9.69. The van der Waals surface area contributed by atoms with E-state index < -0.39 is 20.3 Å². The Bertz CT molecular complexity index is 1600. The molecule has 0 saturated carbocycles. The Balaban J connectivity index is 1.99. The zero-order valence-electron chi connectivity index (χ0n) is 17.3. The first-order chi connectivity index (χ1) is 15.8. The second-order valence-electron chi connectivity index (χ2n) is 6.99. The van der Waals surface area contributed by atoms with Crippen molar-refractivity contribution in [2.45, 2.75) is 11.8 Å². The number of rotatable bonds is 5. The molecule has 0 aliphatic carbocycles. The lowest BCUT2D eigenvalue weighted by Crippen LogP contribution is -2.20. The van der Waals surface area contributed by atoms with Crippen LogP contribution in [-0.4, -0.2) is 17.8 Å². The van der Waals surface area contributed by atoms with Crippen LogP contribution in [0.3, 0.4) is 0 Å². The molecule has 2 aromatic carbocycles. The van der Waals surface area contributed by atoms with Crippen LogP contribution in [0.4, 0.5) is 0 Å². The van der Waals surface area contributed by atoms with E-state index in [1.807, 2.05) is 0 Å². The van der Waals surface area contributed by atoms with Crippen molar-refractivity contribution in [1.29, 1.82) is 5.26 Å². The maximum absolute atomic E-state index is 13.4. The summed E-state index contributed by atoms with van der Waals surface area (Å²) in [5.41, 5.74) is 0.230. The number of fused-ring (bicyclic) bond motifs is 1. The fourth-order valence-electron chi connectivity index (χ4n) is 3.15. The molecular formula is C24H16ClN3O4S. The number of nitriles is 1. The molecule has 0 fully saturated rings. The molecule has 0 bridgehead atoms. The van der Waals surface area contributed by atoms with E-state index in [1.165, 1.54) is 22.7 Å². The lowest BCUT2D eigenvalue weighted by atomic mass is 10.2. The first kappa shape index (κ1) is 22.3. The van der Waals surface area contributed by atoms with Gasteiger partial charge in [-0.15, -0.1) is 0 Å². The number of hydrogen-bond acceptors (Lipinski definition) is 6. The van der Waals surface area contributed by atoms with Crippen molar-refractivity contribution in [1.82, 2.24) is 9.38 Å². The molecule has 2 aromatic heterocycles. The van der Waals surface area contributed by atoms with E-state index in [9.17, 15) is 18.5 Å². The molecule has 0 amide bonds. The summed E-state index contributed by atoms with van der Waals surface area (Å²) in [5.74, 6) is 0.0569. The maximum atomic E-state index is 13.4. The van der Waals surface area contributed by atoms with Crippen LogP contribution in [-0.2, 0) is 9.84 Å². The summed E-state index contributed by atoms with van der Waals surface area (Å²) in [6.45, 7) is 1.77. The van der Waals surface area contributed by atoms with Gasteiger partial charge in [-0.3, -0.25) is 9.20 Å². The Morgan fingerprint density at radius 2 is 1.79 bits per heavy atom. The van der Waals surface area contributed by atoms with Crippen molar-refractivity contribution in [2.75, 3.05) is 0 Å². The fourth-order valence-corrected chi connectivity index (χ4v) is 4.49. The highest BCUT2D eigenvalue weighted by Crippen LogP contribution is 2.31. The molecule has 164 valence electrons. The van der Waals surface area contributed by atoms with E-state index in [0.717, 1.165) is 6.08 Å². The third kappa shape index (κ3) is 4.24. The molecule has 4 aromatic rings. The van der Waals surface area contributed by atoms with Crippen molar-refractivity contribution in [2.24, 2.45) is 0 Å². The second-order valence-corrected chi connectivity index (χ2v) is 9.32. The smallest absolute Gasteiger partial charge is 0.269 e. The average Bonchev–Trinajstić information content (AvgIpc) is 2.81. The van der Waals surface area contributed by atoms with Gasteiger partial charge in [-0.1, -0.05) is 48.0 Å². The number of allylic oxidation sites excluding steroid dienone is 1. The monoisotopic (exact) mass is 477 g/mol. The average molecular weight is 478 g/mol. The summed E-state index contributed by atoms with van der Waals surface area (Å²) in [6, 6.07) is 19.2. The minimum absolute atomic E-state index is 0.0731. The third-order valence-corrected chi connectivity index (χ3v) is 6.81. The normalized spacial score (nSPS) is 11.8. The Morgan fingerprint density at radius 3 is 2.48 bits per heavy atom. The minimum Gasteiger partial charge on any atom is -0.437 e. The van der Waals surface area contributed by atoms with Crippen molar-refractivity contribution in [3.8, 4) is 17.7 Å².